The van der Waals surface area contributed by atoms with E-state index in [9.17, 15) is 19.2 Å². The summed E-state index contributed by atoms with van der Waals surface area (Å²) >= 11 is 0. The molecule has 1 unspecified atom stereocenters. The number of methoxy groups -OCH3 is 1. The van der Waals surface area contributed by atoms with Crippen molar-refractivity contribution in [3.05, 3.63) is 88.8 Å². The van der Waals surface area contributed by atoms with Crippen LogP contribution in [0.4, 0.5) is 0 Å². The van der Waals surface area contributed by atoms with Gasteiger partial charge in [0.2, 0.25) is 6.29 Å². The normalized spacial score (nSPS) is 13.0. The lowest BCUT2D eigenvalue weighted by Gasteiger charge is -2.19. The Labute approximate surface area is 267 Å². The zero-order chi connectivity index (χ0) is 33.5. The molecular formula is C35H38N4O7. The molecule has 3 aromatic rings. The predicted molar refractivity (Wildman–Crippen MR) is 173 cm³/mol. The number of hydrogen-bond acceptors (Lipinski definition) is 9. The van der Waals surface area contributed by atoms with E-state index in [1.54, 1.807) is 56.3 Å². The highest BCUT2D eigenvalue weighted by molar-refractivity contribution is 6.07. The molecule has 1 aromatic heterocycles. The number of benzene rings is 2. The van der Waals surface area contributed by atoms with Crippen molar-refractivity contribution in [2.75, 3.05) is 13.7 Å². The van der Waals surface area contributed by atoms with E-state index >= 15 is 0 Å². The molecule has 0 saturated heterocycles. The number of ether oxygens (including phenoxy) is 3. The number of nitrogens with two attached hydrogens (primary N) is 1. The number of hydrogen-bond donors (Lipinski definition) is 3. The lowest BCUT2D eigenvalue weighted by molar-refractivity contribution is -0.169. The van der Waals surface area contributed by atoms with Gasteiger partial charge in [-0.1, -0.05) is 50.8 Å². The van der Waals surface area contributed by atoms with Gasteiger partial charge in [-0.3, -0.25) is 19.8 Å². The Hall–Kier alpha value is -5.32. The summed E-state index contributed by atoms with van der Waals surface area (Å²) in [4.78, 5) is 57.0. The number of nitrogen functional groups attached to an aromatic ring is 1. The van der Waals surface area contributed by atoms with E-state index in [2.05, 4.69) is 16.9 Å². The first-order chi connectivity index (χ1) is 21.9. The van der Waals surface area contributed by atoms with E-state index in [1.165, 1.54) is 26.2 Å². The first-order valence-corrected chi connectivity index (χ1v) is 14.9. The smallest absolute Gasteiger partial charge is 0.360 e. The van der Waals surface area contributed by atoms with Crippen LogP contribution in [0.3, 0.4) is 0 Å². The van der Waals surface area contributed by atoms with Crippen LogP contribution in [0.1, 0.15) is 81.6 Å². The zero-order valence-electron chi connectivity index (χ0n) is 26.3. The number of nitrogens with one attached hydrogen (secondary N) is 2. The van der Waals surface area contributed by atoms with Crippen LogP contribution < -0.4 is 15.8 Å². The van der Waals surface area contributed by atoms with Gasteiger partial charge in [0.25, 0.3) is 5.91 Å². The lowest BCUT2D eigenvalue weighted by atomic mass is 9.90. The average molecular weight is 627 g/mol. The number of ketones is 1. The molecule has 1 heterocycles. The fourth-order valence-corrected chi connectivity index (χ4v) is 4.61. The number of carbonyl (C=O) groups is 4. The molecule has 0 bridgehead atoms. The summed E-state index contributed by atoms with van der Waals surface area (Å²) in [6.07, 6.45) is 2.37. The number of aromatic nitrogens is 1. The van der Waals surface area contributed by atoms with Crippen LogP contribution in [0, 0.1) is 17.2 Å². The van der Waals surface area contributed by atoms with Crippen LogP contribution >= 0.6 is 0 Å². The number of amidine groups is 1. The van der Waals surface area contributed by atoms with Gasteiger partial charge in [-0.05, 0) is 54.2 Å². The van der Waals surface area contributed by atoms with Gasteiger partial charge in [-0.15, -0.1) is 0 Å². The summed E-state index contributed by atoms with van der Waals surface area (Å²) in [5.74, 6) is -1.99. The van der Waals surface area contributed by atoms with Crippen LogP contribution in [0.2, 0.25) is 0 Å². The molecule has 4 rings (SSSR count). The SMILES string of the molecule is C=Cc1cc(C(=O)Cc2ccc(C(=N)N)cc2)c(-c2ccc(C(=O)NCC3CC3)nc2C(=O)OC(C)OC(=O)C(C)C)cc1OC. The van der Waals surface area contributed by atoms with Crippen molar-refractivity contribution in [3.8, 4) is 16.9 Å². The minimum absolute atomic E-state index is 0.00878. The fraction of sp³-hybridized carbons (Fsp3) is 0.314. The number of amides is 1. The molecule has 0 radical (unpaired) electrons. The maximum atomic E-state index is 13.9. The Balaban J connectivity index is 1.79. The van der Waals surface area contributed by atoms with Gasteiger partial charge in [-0.25, -0.2) is 9.78 Å². The quantitative estimate of drug-likeness (QED) is 0.0736. The van der Waals surface area contributed by atoms with Crippen LogP contribution in [0.25, 0.3) is 17.2 Å². The van der Waals surface area contributed by atoms with E-state index in [-0.39, 0.29) is 40.6 Å². The van der Waals surface area contributed by atoms with Crippen LogP contribution in [0.5, 0.6) is 5.75 Å². The second kappa shape index (κ2) is 14.6. The van der Waals surface area contributed by atoms with Crippen LogP contribution in [-0.2, 0) is 20.7 Å². The van der Waals surface area contributed by atoms with Crippen LogP contribution in [-0.4, -0.2) is 54.4 Å². The highest BCUT2D eigenvalue weighted by atomic mass is 16.7. The molecule has 46 heavy (non-hydrogen) atoms. The minimum Gasteiger partial charge on any atom is -0.496 e. The van der Waals surface area contributed by atoms with Crippen molar-refractivity contribution < 1.29 is 33.4 Å². The molecule has 0 aliphatic heterocycles. The highest BCUT2D eigenvalue weighted by Gasteiger charge is 2.27. The molecule has 1 aliphatic rings. The third-order valence-electron chi connectivity index (χ3n) is 7.41. The minimum atomic E-state index is -1.25. The highest BCUT2D eigenvalue weighted by Crippen LogP contribution is 2.35. The van der Waals surface area contributed by atoms with Crippen molar-refractivity contribution >= 4 is 35.5 Å². The summed E-state index contributed by atoms with van der Waals surface area (Å²) in [7, 11) is 1.47. The largest absolute Gasteiger partial charge is 0.496 e. The van der Waals surface area contributed by atoms with Crippen molar-refractivity contribution in [2.24, 2.45) is 17.6 Å². The summed E-state index contributed by atoms with van der Waals surface area (Å²) < 4.78 is 16.2. The summed E-state index contributed by atoms with van der Waals surface area (Å²) in [5, 5.41) is 10.5. The number of nitrogens with zero attached hydrogens (tertiary/aromatic N) is 1. The van der Waals surface area contributed by atoms with Crippen molar-refractivity contribution in [1.29, 1.82) is 5.41 Å². The second-order valence-corrected chi connectivity index (χ2v) is 11.4. The molecule has 1 atom stereocenters. The van der Waals surface area contributed by atoms with Gasteiger partial charge in [0, 0.05) is 42.1 Å². The molecule has 0 spiro atoms. The molecule has 1 fully saturated rings. The van der Waals surface area contributed by atoms with E-state index in [1.807, 2.05) is 0 Å². The predicted octanol–water partition coefficient (Wildman–Crippen LogP) is 4.95. The Bertz CT molecular complexity index is 1680. The van der Waals surface area contributed by atoms with Crippen molar-refractivity contribution in [2.45, 2.75) is 46.3 Å². The zero-order valence-corrected chi connectivity index (χ0v) is 26.3. The first kappa shape index (κ1) is 33.6. The topological polar surface area (TPSA) is 171 Å². The Morgan fingerprint density at radius 1 is 1.04 bits per heavy atom. The monoisotopic (exact) mass is 626 g/mol. The van der Waals surface area contributed by atoms with Gasteiger partial charge in [0.15, 0.2) is 11.5 Å². The maximum Gasteiger partial charge on any atom is 0.360 e. The molecule has 2 aromatic carbocycles. The number of rotatable bonds is 14. The standard InChI is InChI=1S/C35H38N4O7/c1-6-23-16-27(29(40)15-21-9-11-24(12-10-21)32(36)37)26(17-30(23)44-5)25-13-14-28(33(41)38-18-22-7-8-22)39-31(25)35(43)46-20(4)45-34(42)19(2)3/h6,9-14,16-17,19-20,22H,1,7-8,15,18H2,2-5H3,(H3,36,37)(H,38,41). The van der Waals surface area contributed by atoms with E-state index in [0.29, 0.717) is 40.5 Å². The molecule has 1 saturated carbocycles. The molecule has 240 valence electrons. The average Bonchev–Trinajstić information content (AvgIpc) is 3.87. The van der Waals surface area contributed by atoms with Gasteiger partial charge in [0.05, 0.1) is 13.0 Å². The van der Waals surface area contributed by atoms with Crippen molar-refractivity contribution in [3.63, 3.8) is 0 Å². The molecule has 11 heteroatoms. The van der Waals surface area contributed by atoms with E-state index in [0.717, 1.165) is 12.8 Å². The summed E-state index contributed by atoms with van der Waals surface area (Å²) in [6.45, 7) is 9.03. The third kappa shape index (κ3) is 8.23. The Morgan fingerprint density at radius 2 is 1.74 bits per heavy atom. The van der Waals surface area contributed by atoms with Crippen LogP contribution in [0.15, 0.2) is 55.1 Å². The number of esters is 2. The first-order valence-electron chi connectivity index (χ1n) is 14.9. The van der Waals surface area contributed by atoms with E-state index < -0.39 is 30.1 Å². The molecular weight excluding hydrogens is 588 g/mol. The molecule has 4 N–H and O–H groups in total. The van der Waals surface area contributed by atoms with Gasteiger partial charge in [0.1, 0.15) is 17.3 Å². The Kier molecular flexibility index (Phi) is 10.7. The Morgan fingerprint density at radius 3 is 2.33 bits per heavy atom. The van der Waals surface area contributed by atoms with E-state index in [4.69, 9.17) is 25.4 Å². The number of Topliss-reactive ketones (excluding diaryl/α,β-unsaturated/α-hetero) is 1. The third-order valence-corrected chi connectivity index (χ3v) is 7.41. The van der Waals surface area contributed by atoms with Gasteiger partial charge >= 0.3 is 11.9 Å². The maximum absolute atomic E-state index is 13.9. The summed E-state index contributed by atoms with van der Waals surface area (Å²) in [6, 6.07) is 13.0. The fourth-order valence-electron chi connectivity index (χ4n) is 4.61. The van der Waals surface area contributed by atoms with Gasteiger partial charge in [-0.2, -0.15) is 0 Å². The molecule has 1 aliphatic carbocycles. The summed E-state index contributed by atoms with van der Waals surface area (Å²) in [5.41, 5.74) is 7.81. The van der Waals surface area contributed by atoms with Crippen molar-refractivity contribution in [1.82, 2.24) is 10.3 Å². The number of pyridine rings is 1. The lowest BCUT2D eigenvalue weighted by Crippen LogP contribution is -2.28. The number of carbonyl (C=O) groups excluding carboxylic acids is 4. The molecule has 11 nitrogen and oxygen atoms in total. The van der Waals surface area contributed by atoms with Gasteiger partial charge < -0.3 is 25.3 Å². The second-order valence-electron chi connectivity index (χ2n) is 11.4. The molecule has 1 amide bonds.